The normalized spacial score (nSPS) is 10.2. The van der Waals surface area contributed by atoms with Crippen molar-refractivity contribution in [1.82, 2.24) is 69.8 Å². The Bertz CT molecular complexity index is 4280. The molecule has 14 heteroatoms. The van der Waals surface area contributed by atoms with Crippen LogP contribution in [0, 0.1) is 55.4 Å². The Kier molecular flexibility index (Phi) is 25.2. The fourth-order valence-electron chi connectivity index (χ4n) is 9.63. The molecule has 16 rings (SSSR count). The fourth-order valence-corrected chi connectivity index (χ4v) is 9.63. The van der Waals surface area contributed by atoms with Gasteiger partial charge in [-0.1, -0.05) is 181 Å². The van der Waals surface area contributed by atoms with Crippen molar-refractivity contribution in [2.24, 2.45) is 0 Å². The zero-order valence-electron chi connectivity index (χ0n) is 54.5. The van der Waals surface area contributed by atoms with Crippen LogP contribution in [0.25, 0.3) is 88.4 Å². The Hall–Kier alpha value is -10.7. The van der Waals surface area contributed by atoms with Crippen LogP contribution in [0.2, 0.25) is 0 Å². The highest BCUT2D eigenvalue weighted by Gasteiger charge is 2.08. The SMILES string of the molecule is CC.CC.CC.Cc1ccc2nc(C)[nH]c2c1.Cc1nc2cc3nc(C)[nH]c3cc2[nH]1.Cc1nc2ccc(-c3ccc4nc(C)[nH]c4c3)cc2[nH]1.Cc1nc2ccc(Cc3ccc4nc(C)[nH]c4c3)cc2[nH]1.c1ccccc1.c1ccccc1.c1ccccc1. The van der Waals surface area contributed by atoms with Gasteiger partial charge in [0.2, 0.25) is 0 Å². The number of hydrogen-bond acceptors (Lipinski definition) is 7. The van der Waals surface area contributed by atoms with Crippen molar-refractivity contribution in [1.29, 1.82) is 0 Å². The lowest BCUT2D eigenvalue weighted by molar-refractivity contribution is 1.16. The number of aromatic amines is 7. The van der Waals surface area contributed by atoms with Gasteiger partial charge in [0.25, 0.3) is 0 Å². The molecule has 16 aromatic rings. The molecule has 0 unspecified atom stereocenters. The Morgan fingerprint density at radius 3 is 0.733 bits per heavy atom. The van der Waals surface area contributed by atoms with E-state index in [1.807, 2.05) is 217 Å². The van der Waals surface area contributed by atoms with Crippen molar-refractivity contribution in [3.05, 3.63) is 270 Å². The van der Waals surface area contributed by atoms with E-state index < -0.39 is 0 Å². The first-order valence-corrected chi connectivity index (χ1v) is 30.9. The molecule has 7 heterocycles. The van der Waals surface area contributed by atoms with Crippen molar-refractivity contribution in [3.8, 4) is 11.1 Å². The molecule has 0 saturated carbocycles. The van der Waals surface area contributed by atoms with Gasteiger partial charge >= 0.3 is 0 Å². The summed E-state index contributed by atoms with van der Waals surface area (Å²) in [4.78, 5) is 53.5. The maximum Gasteiger partial charge on any atom is 0.104 e. The van der Waals surface area contributed by atoms with E-state index in [9.17, 15) is 0 Å². The van der Waals surface area contributed by atoms with Crippen LogP contribution in [-0.4, -0.2) is 69.8 Å². The summed E-state index contributed by atoms with van der Waals surface area (Å²) in [6, 6.07) is 71.6. The first-order chi connectivity index (χ1) is 43.8. The average molecular weight is 1200 g/mol. The van der Waals surface area contributed by atoms with Gasteiger partial charge in [-0.15, -0.1) is 0 Å². The second kappa shape index (κ2) is 34.0. The Morgan fingerprint density at radius 1 is 0.222 bits per heavy atom. The number of aryl methyl sites for hydroxylation is 8. The molecule has 0 saturated heterocycles. The molecule has 0 spiro atoms. The van der Waals surface area contributed by atoms with Crippen molar-refractivity contribution in [2.45, 2.75) is 103 Å². The zero-order valence-corrected chi connectivity index (χ0v) is 54.5. The summed E-state index contributed by atoms with van der Waals surface area (Å²) in [5.41, 5.74) is 20.8. The Balaban J connectivity index is 0.000000154. The van der Waals surface area contributed by atoms with E-state index in [2.05, 4.69) is 162 Å². The minimum absolute atomic E-state index is 0.905. The Morgan fingerprint density at radius 2 is 0.444 bits per heavy atom. The summed E-state index contributed by atoms with van der Waals surface area (Å²) in [6.07, 6.45) is 0.905. The lowest BCUT2D eigenvalue weighted by Gasteiger charge is -2.02. The summed E-state index contributed by atoms with van der Waals surface area (Å²) in [6.45, 7) is 27.9. The standard InChI is InChI=1S/C17H16N4.C16H14N4.C10H10N4.C9H10N2.3C6H6.3C2H6/c1-10-18-14-5-3-12(8-16(14)20-10)7-13-4-6-15-17(9-13)21-11(2)19-15;1-9-17-13-5-3-11(7-15(13)19-9)12-4-6-14-16(8-12)20-10(2)18-14;1-5-11-7-3-9-10(4-8(7)12-5)14-6(2)13-9;1-6-3-4-8-9(5-6)11-7(2)10-8;3*1-2-4-6-5-3-1;3*1-2/h3-6,8-9H,7H2,1-2H3,(H,18,20)(H,19,21);3-8H,1-2H3,(H,17,19)(H,18,20);3-4H,1-2H3,(H,11,12)(H,13,14);3-5H,1-2H3,(H,10,11);3*1-6H;3*1-2H3. The number of benzene rings is 9. The summed E-state index contributed by atoms with van der Waals surface area (Å²) < 4.78 is 0. The number of rotatable bonds is 3. The lowest BCUT2D eigenvalue weighted by Crippen LogP contribution is -1.88. The number of imidazole rings is 7. The van der Waals surface area contributed by atoms with Crippen molar-refractivity contribution >= 4 is 77.2 Å². The topological polar surface area (TPSA) is 201 Å². The van der Waals surface area contributed by atoms with Crippen LogP contribution in [0.5, 0.6) is 0 Å². The number of fused-ring (bicyclic) bond motifs is 7. The van der Waals surface area contributed by atoms with Gasteiger partial charge in [-0.05, 0) is 162 Å². The maximum absolute atomic E-state index is 4.44. The minimum atomic E-state index is 0.905. The smallest absolute Gasteiger partial charge is 0.104 e. The molecule has 7 N–H and O–H groups in total. The van der Waals surface area contributed by atoms with E-state index in [4.69, 9.17) is 0 Å². The van der Waals surface area contributed by atoms with E-state index in [-0.39, 0.29) is 0 Å². The number of nitrogens with zero attached hydrogens (tertiary/aromatic N) is 7. The molecular weight excluding hydrogens is 1110 g/mol. The molecule has 0 amide bonds. The van der Waals surface area contributed by atoms with Crippen LogP contribution < -0.4 is 0 Å². The quantitative estimate of drug-likeness (QED) is 0.0912. The third-order valence-corrected chi connectivity index (χ3v) is 13.3. The first kappa shape index (κ1) is 66.8. The highest BCUT2D eigenvalue weighted by Crippen LogP contribution is 2.27. The Labute approximate surface area is 528 Å². The molecular formula is C76H86N14. The van der Waals surface area contributed by atoms with E-state index >= 15 is 0 Å². The average Bonchev–Trinajstić information content (AvgIpc) is 2.08. The van der Waals surface area contributed by atoms with Gasteiger partial charge in [-0.3, -0.25) is 0 Å². The third kappa shape index (κ3) is 19.4. The largest absolute Gasteiger partial charge is 0.342 e. The monoisotopic (exact) mass is 1190 g/mol. The highest BCUT2D eigenvalue weighted by atomic mass is 15.0. The lowest BCUT2D eigenvalue weighted by atomic mass is 10.0. The van der Waals surface area contributed by atoms with Gasteiger partial charge in [0.05, 0.1) is 77.2 Å². The number of nitrogens with one attached hydrogen (secondary N) is 7. The highest BCUT2D eigenvalue weighted by molar-refractivity contribution is 5.91. The van der Waals surface area contributed by atoms with Crippen LogP contribution in [0.4, 0.5) is 0 Å². The molecule has 460 valence electrons. The number of aromatic nitrogens is 14. The predicted octanol–water partition coefficient (Wildman–Crippen LogP) is 19.7. The summed E-state index contributed by atoms with van der Waals surface area (Å²) in [7, 11) is 0. The van der Waals surface area contributed by atoms with Crippen LogP contribution in [0.15, 0.2) is 212 Å². The minimum Gasteiger partial charge on any atom is -0.342 e. The van der Waals surface area contributed by atoms with Crippen molar-refractivity contribution in [3.63, 3.8) is 0 Å². The van der Waals surface area contributed by atoms with E-state index in [1.165, 1.54) is 27.8 Å². The van der Waals surface area contributed by atoms with Crippen LogP contribution in [0.3, 0.4) is 0 Å². The molecule has 0 radical (unpaired) electrons. The van der Waals surface area contributed by atoms with Crippen molar-refractivity contribution < 1.29 is 0 Å². The second-order valence-electron chi connectivity index (χ2n) is 20.5. The van der Waals surface area contributed by atoms with Gasteiger partial charge in [0, 0.05) is 0 Å². The molecule has 90 heavy (non-hydrogen) atoms. The third-order valence-electron chi connectivity index (χ3n) is 13.3. The molecule has 14 nitrogen and oxygen atoms in total. The van der Waals surface area contributed by atoms with Gasteiger partial charge < -0.3 is 34.9 Å². The molecule has 9 aromatic carbocycles. The molecule has 0 fully saturated rings. The van der Waals surface area contributed by atoms with E-state index in [0.29, 0.717) is 0 Å². The van der Waals surface area contributed by atoms with Gasteiger partial charge in [-0.2, -0.15) is 0 Å². The molecule has 7 aromatic heterocycles. The second-order valence-corrected chi connectivity index (χ2v) is 20.5. The number of hydrogen-bond donors (Lipinski definition) is 7. The van der Waals surface area contributed by atoms with E-state index in [1.54, 1.807) is 0 Å². The predicted molar refractivity (Wildman–Crippen MR) is 379 cm³/mol. The molecule has 0 atom stereocenters. The van der Waals surface area contributed by atoms with Crippen LogP contribution in [-0.2, 0) is 6.42 Å². The fraction of sp³-hybridized carbons (Fsp3) is 0.197. The van der Waals surface area contributed by atoms with Crippen LogP contribution >= 0.6 is 0 Å². The number of H-pyrrole nitrogens is 7. The summed E-state index contributed by atoms with van der Waals surface area (Å²) in [5, 5.41) is 0. The molecule has 0 aliphatic heterocycles. The van der Waals surface area contributed by atoms with E-state index in [0.717, 1.165) is 124 Å². The van der Waals surface area contributed by atoms with Gasteiger partial charge in [0.15, 0.2) is 0 Å². The summed E-state index contributed by atoms with van der Waals surface area (Å²) in [5.74, 6) is 6.64. The van der Waals surface area contributed by atoms with Gasteiger partial charge in [-0.25, -0.2) is 34.9 Å². The first-order valence-electron chi connectivity index (χ1n) is 30.9. The molecule has 0 aliphatic rings. The zero-order chi connectivity index (χ0) is 64.4. The van der Waals surface area contributed by atoms with Crippen LogP contribution in [0.1, 0.15) is 99.0 Å². The molecule has 0 bridgehead atoms. The maximum atomic E-state index is 4.44. The van der Waals surface area contributed by atoms with Crippen molar-refractivity contribution in [2.75, 3.05) is 0 Å². The summed E-state index contributed by atoms with van der Waals surface area (Å²) >= 11 is 0. The molecule has 0 aliphatic carbocycles. The van der Waals surface area contributed by atoms with Gasteiger partial charge in [0.1, 0.15) is 40.8 Å².